The molecule has 4 rings (SSSR count). The van der Waals surface area contributed by atoms with E-state index in [1.54, 1.807) is 23.2 Å². The average Bonchev–Trinajstić information content (AvgIpc) is 3.29. The Morgan fingerprint density at radius 2 is 1.68 bits per heavy atom. The van der Waals surface area contributed by atoms with Crippen LogP contribution < -0.4 is 9.64 Å². The molecule has 5 heteroatoms. The van der Waals surface area contributed by atoms with Crippen LogP contribution in [-0.4, -0.2) is 24.2 Å². The highest BCUT2D eigenvalue weighted by atomic mass is 19.1. The van der Waals surface area contributed by atoms with E-state index in [-0.39, 0.29) is 11.8 Å². The molecule has 0 spiro atoms. The van der Waals surface area contributed by atoms with Crippen molar-refractivity contribution < 1.29 is 13.5 Å². The number of ether oxygens (including phenoxy) is 1. The number of halogens is 2. The van der Waals surface area contributed by atoms with Gasteiger partial charge in [-0.05, 0) is 68.4 Å². The quantitative estimate of drug-likeness (QED) is 0.785. The van der Waals surface area contributed by atoms with Gasteiger partial charge in [0.05, 0.1) is 0 Å². The average molecular weight is 344 g/mol. The largest absolute Gasteiger partial charge is 0.474 e. The van der Waals surface area contributed by atoms with E-state index in [0.717, 1.165) is 38.5 Å². The topological polar surface area (TPSA) is 25.4 Å². The highest BCUT2D eigenvalue weighted by molar-refractivity contribution is 5.71. The number of rotatable bonds is 4. The summed E-state index contributed by atoms with van der Waals surface area (Å²) in [5, 5.41) is 0. The lowest BCUT2D eigenvalue weighted by Crippen LogP contribution is -2.20. The second kappa shape index (κ2) is 6.98. The fourth-order valence-corrected chi connectivity index (χ4v) is 3.83. The Hall–Kier alpha value is -2.17. The van der Waals surface area contributed by atoms with Crippen molar-refractivity contribution in [2.75, 3.05) is 18.0 Å². The highest BCUT2D eigenvalue weighted by Gasteiger charge is 2.23. The van der Waals surface area contributed by atoms with Crippen LogP contribution in [0.4, 0.5) is 14.5 Å². The summed E-state index contributed by atoms with van der Waals surface area (Å²) in [5.41, 5.74) is 1.20. The summed E-state index contributed by atoms with van der Waals surface area (Å²) < 4.78 is 35.3. The van der Waals surface area contributed by atoms with Crippen LogP contribution in [0.3, 0.4) is 0 Å². The summed E-state index contributed by atoms with van der Waals surface area (Å²) in [7, 11) is 0. The summed E-state index contributed by atoms with van der Waals surface area (Å²) in [5.74, 6) is -0.581. The molecule has 0 unspecified atom stereocenters. The maximum Gasteiger partial charge on any atom is 0.221 e. The van der Waals surface area contributed by atoms with Gasteiger partial charge in [0.1, 0.15) is 23.4 Å². The van der Waals surface area contributed by atoms with Crippen molar-refractivity contribution in [1.82, 2.24) is 4.98 Å². The molecule has 0 N–H and O–H groups in total. The molecule has 132 valence electrons. The SMILES string of the molecule is Fc1cc(-c2cccnc2OC2CCCC2)cc(F)c1N1CCCC1. The van der Waals surface area contributed by atoms with Gasteiger partial charge in [0, 0.05) is 24.8 Å². The molecule has 1 aromatic heterocycles. The van der Waals surface area contributed by atoms with Crippen LogP contribution in [0, 0.1) is 11.6 Å². The Kier molecular flexibility index (Phi) is 4.55. The van der Waals surface area contributed by atoms with Gasteiger partial charge < -0.3 is 9.64 Å². The van der Waals surface area contributed by atoms with E-state index in [2.05, 4.69) is 4.98 Å². The van der Waals surface area contributed by atoms with Crippen molar-refractivity contribution >= 4 is 5.69 Å². The van der Waals surface area contributed by atoms with Crippen LogP contribution in [0.5, 0.6) is 5.88 Å². The minimum atomic E-state index is -0.521. The van der Waals surface area contributed by atoms with Gasteiger partial charge in [-0.2, -0.15) is 0 Å². The first-order valence-corrected chi connectivity index (χ1v) is 9.08. The molecule has 0 atom stereocenters. The Bertz CT molecular complexity index is 730. The third-order valence-corrected chi connectivity index (χ3v) is 5.10. The first-order valence-electron chi connectivity index (χ1n) is 9.08. The summed E-state index contributed by atoms with van der Waals surface area (Å²) >= 11 is 0. The number of pyridine rings is 1. The lowest BCUT2D eigenvalue weighted by atomic mass is 10.1. The molecule has 0 radical (unpaired) electrons. The van der Waals surface area contributed by atoms with Crippen LogP contribution in [-0.2, 0) is 0 Å². The molecule has 25 heavy (non-hydrogen) atoms. The molecule has 2 heterocycles. The summed E-state index contributed by atoms with van der Waals surface area (Å²) in [6.45, 7) is 1.41. The van der Waals surface area contributed by atoms with E-state index in [0.29, 0.717) is 30.1 Å². The summed E-state index contributed by atoms with van der Waals surface area (Å²) in [4.78, 5) is 6.09. The number of hydrogen-bond acceptors (Lipinski definition) is 3. The van der Waals surface area contributed by atoms with Gasteiger partial charge in [0.25, 0.3) is 0 Å². The Morgan fingerprint density at radius 3 is 2.36 bits per heavy atom. The van der Waals surface area contributed by atoms with Gasteiger partial charge in [-0.15, -0.1) is 0 Å². The zero-order chi connectivity index (χ0) is 17.2. The predicted octanol–water partition coefficient (Wildman–Crippen LogP) is 4.95. The molecule has 0 bridgehead atoms. The van der Waals surface area contributed by atoms with Crippen molar-refractivity contribution in [3.8, 4) is 17.0 Å². The smallest absolute Gasteiger partial charge is 0.221 e. The molecule has 2 aliphatic rings. The summed E-state index contributed by atoms with van der Waals surface area (Å²) in [6, 6.07) is 6.37. The van der Waals surface area contributed by atoms with Crippen LogP contribution in [0.2, 0.25) is 0 Å². The van der Waals surface area contributed by atoms with Crippen molar-refractivity contribution in [3.05, 3.63) is 42.1 Å². The van der Waals surface area contributed by atoms with Gasteiger partial charge in [0.15, 0.2) is 0 Å². The van der Waals surface area contributed by atoms with Gasteiger partial charge in [-0.3, -0.25) is 0 Å². The molecule has 1 aliphatic heterocycles. The van der Waals surface area contributed by atoms with Gasteiger partial charge in [-0.1, -0.05) is 0 Å². The number of nitrogens with zero attached hydrogens (tertiary/aromatic N) is 2. The number of hydrogen-bond donors (Lipinski definition) is 0. The first kappa shape index (κ1) is 16.3. The minimum absolute atomic E-state index is 0.0865. The molecule has 1 saturated carbocycles. The lowest BCUT2D eigenvalue weighted by molar-refractivity contribution is 0.202. The molecule has 2 fully saturated rings. The Morgan fingerprint density at radius 1 is 1.00 bits per heavy atom. The molecule has 2 aromatic rings. The third kappa shape index (κ3) is 3.32. The van der Waals surface area contributed by atoms with E-state index in [9.17, 15) is 8.78 Å². The second-order valence-electron chi connectivity index (χ2n) is 6.86. The maximum absolute atomic E-state index is 14.6. The Balaban J connectivity index is 1.67. The van der Waals surface area contributed by atoms with Gasteiger partial charge >= 0.3 is 0 Å². The maximum atomic E-state index is 14.6. The van der Waals surface area contributed by atoms with Crippen molar-refractivity contribution in [3.63, 3.8) is 0 Å². The third-order valence-electron chi connectivity index (χ3n) is 5.10. The fraction of sp³-hybridized carbons (Fsp3) is 0.450. The van der Waals surface area contributed by atoms with Crippen molar-refractivity contribution in [2.24, 2.45) is 0 Å². The Labute approximate surface area is 146 Å². The summed E-state index contributed by atoms with van der Waals surface area (Å²) in [6.07, 6.45) is 8.07. The van der Waals surface area contributed by atoms with Crippen molar-refractivity contribution in [2.45, 2.75) is 44.6 Å². The van der Waals surface area contributed by atoms with E-state index in [4.69, 9.17) is 4.74 Å². The zero-order valence-electron chi connectivity index (χ0n) is 14.2. The van der Waals surface area contributed by atoms with E-state index < -0.39 is 11.6 Å². The number of aromatic nitrogens is 1. The molecule has 0 amide bonds. The normalized spacial score (nSPS) is 18.1. The fourth-order valence-electron chi connectivity index (χ4n) is 3.83. The monoisotopic (exact) mass is 344 g/mol. The molecule has 1 aromatic carbocycles. The molecule has 1 saturated heterocycles. The molecular weight excluding hydrogens is 322 g/mol. The minimum Gasteiger partial charge on any atom is -0.474 e. The van der Waals surface area contributed by atoms with Crippen LogP contribution >= 0.6 is 0 Å². The van der Waals surface area contributed by atoms with Crippen LogP contribution in [0.25, 0.3) is 11.1 Å². The van der Waals surface area contributed by atoms with Gasteiger partial charge in [0.2, 0.25) is 5.88 Å². The lowest BCUT2D eigenvalue weighted by Gasteiger charge is -2.20. The molecule has 3 nitrogen and oxygen atoms in total. The first-order chi connectivity index (χ1) is 12.2. The number of benzene rings is 1. The van der Waals surface area contributed by atoms with Gasteiger partial charge in [-0.25, -0.2) is 13.8 Å². The van der Waals surface area contributed by atoms with E-state index in [1.807, 2.05) is 0 Å². The molecule has 1 aliphatic carbocycles. The van der Waals surface area contributed by atoms with Crippen molar-refractivity contribution in [1.29, 1.82) is 0 Å². The zero-order valence-corrected chi connectivity index (χ0v) is 14.2. The van der Waals surface area contributed by atoms with Crippen LogP contribution in [0.15, 0.2) is 30.5 Å². The predicted molar refractivity (Wildman–Crippen MR) is 93.9 cm³/mol. The number of anilines is 1. The van der Waals surface area contributed by atoms with Crippen LogP contribution in [0.1, 0.15) is 38.5 Å². The standard InChI is InChI=1S/C20H22F2N2O/c21-17-12-14(13-18(22)19(17)24-10-3-4-11-24)16-8-5-9-23-20(16)25-15-6-1-2-7-15/h5,8-9,12-13,15H,1-4,6-7,10-11H2. The van der Waals surface area contributed by atoms with E-state index >= 15 is 0 Å². The van der Waals surface area contributed by atoms with E-state index in [1.165, 1.54) is 12.1 Å². The molecular formula is C20H22F2N2O. The second-order valence-corrected chi connectivity index (χ2v) is 6.86. The highest BCUT2D eigenvalue weighted by Crippen LogP contribution is 2.35.